The Bertz CT molecular complexity index is 821. The summed E-state index contributed by atoms with van der Waals surface area (Å²) < 4.78 is 48.1. The first-order chi connectivity index (χ1) is 9.68. The van der Waals surface area contributed by atoms with Crippen molar-refractivity contribution in [2.75, 3.05) is 5.32 Å². The van der Waals surface area contributed by atoms with E-state index < -0.39 is 26.6 Å². The van der Waals surface area contributed by atoms with Crippen molar-refractivity contribution in [3.63, 3.8) is 0 Å². The number of aryl methyl sites for hydroxylation is 1. The number of carbonyl (C=O) groups is 1. The molecular formula is C11H7ClF2N2O3S2. The Balaban J connectivity index is 2.26. The highest BCUT2D eigenvalue weighted by Crippen LogP contribution is 2.29. The van der Waals surface area contributed by atoms with E-state index >= 15 is 0 Å². The predicted octanol–water partition coefficient (Wildman–Crippen LogP) is 2.91. The monoisotopic (exact) mass is 352 g/mol. The molecule has 0 saturated carbocycles. The molecule has 0 bridgehead atoms. The number of hydrogen-bond acceptors (Lipinski definition) is 5. The normalized spacial score (nSPS) is 11.4. The maximum Gasteiger partial charge on any atom is 0.272 e. The van der Waals surface area contributed by atoms with E-state index in [-0.39, 0.29) is 20.6 Å². The van der Waals surface area contributed by atoms with Crippen LogP contribution >= 0.6 is 22.0 Å². The van der Waals surface area contributed by atoms with Crippen LogP contribution in [0.3, 0.4) is 0 Å². The first-order valence-corrected chi connectivity index (χ1v) is 8.49. The van der Waals surface area contributed by atoms with Crippen LogP contribution in [0.25, 0.3) is 0 Å². The van der Waals surface area contributed by atoms with Crippen molar-refractivity contribution in [1.82, 2.24) is 4.98 Å². The van der Waals surface area contributed by atoms with Gasteiger partial charge in [-0.3, -0.25) is 10.1 Å². The van der Waals surface area contributed by atoms with Gasteiger partial charge in [0.15, 0.2) is 21.0 Å². The van der Waals surface area contributed by atoms with E-state index in [0.29, 0.717) is 11.3 Å². The third kappa shape index (κ3) is 3.55. The number of nitrogens with one attached hydrogen (secondary N) is 1. The lowest BCUT2D eigenvalue weighted by Gasteiger charge is -2.02. The average molecular weight is 353 g/mol. The minimum Gasteiger partial charge on any atom is -0.298 e. The van der Waals surface area contributed by atoms with Crippen molar-refractivity contribution in [2.24, 2.45) is 0 Å². The number of rotatable bonds is 3. The first kappa shape index (κ1) is 15.8. The van der Waals surface area contributed by atoms with Crippen LogP contribution in [-0.2, 0) is 9.05 Å². The van der Waals surface area contributed by atoms with E-state index in [1.54, 1.807) is 0 Å². The van der Waals surface area contributed by atoms with E-state index in [1.807, 2.05) is 0 Å². The number of carbonyl (C=O) groups excluding carboxylic acids is 1. The second-order valence-electron chi connectivity index (χ2n) is 3.91. The summed E-state index contributed by atoms with van der Waals surface area (Å²) in [6.07, 6.45) is 0. The zero-order chi connectivity index (χ0) is 15.8. The molecule has 2 aromatic rings. The van der Waals surface area contributed by atoms with Crippen molar-refractivity contribution < 1.29 is 22.0 Å². The minimum absolute atomic E-state index is 0.0125. The number of benzene rings is 1. The van der Waals surface area contributed by atoms with Gasteiger partial charge in [-0.15, -0.1) is 0 Å². The van der Waals surface area contributed by atoms with Gasteiger partial charge in [-0.2, -0.15) is 0 Å². The molecule has 21 heavy (non-hydrogen) atoms. The molecule has 0 aliphatic carbocycles. The zero-order valence-corrected chi connectivity index (χ0v) is 12.7. The van der Waals surface area contributed by atoms with Gasteiger partial charge in [0.1, 0.15) is 0 Å². The third-order valence-corrected chi connectivity index (χ3v) is 5.63. The third-order valence-electron chi connectivity index (χ3n) is 2.38. The van der Waals surface area contributed by atoms with Crippen molar-refractivity contribution in [2.45, 2.75) is 11.1 Å². The van der Waals surface area contributed by atoms with Gasteiger partial charge < -0.3 is 0 Å². The van der Waals surface area contributed by atoms with Crippen LogP contribution in [0.2, 0.25) is 0 Å². The molecule has 1 amide bonds. The molecule has 1 heterocycles. The Morgan fingerprint density at radius 1 is 1.33 bits per heavy atom. The molecule has 0 aliphatic rings. The molecule has 0 unspecified atom stereocenters. The van der Waals surface area contributed by atoms with Crippen molar-refractivity contribution in [3.8, 4) is 0 Å². The molecule has 5 nitrogen and oxygen atoms in total. The van der Waals surface area contributed by atoms with Crippen LogP contribution in [-0.4, -0.2) is 19.3 Å². The van der Waals surface area contributed by atoms with Gasteiger partial charge >= 0.3 is 0 Å². The SMILES string of the molecule is Cc1nc(NC(=O)c2ccc(F)c(F)c2)sc1S(=O)(=O)Cl. The molecule has 1 aromatic carbocycles. The Morgan fingerprint density at radius 3 is 2.52 bits per heavy atom. The summed E-state index contributed by atoms with van der Waals surface area (Å²) in [6, 6.07) is 2.63. The standard InChI is InChI=1S/C11H7ClF2N2O3S2/c1-5-10(21(12,18)19)20-11(15-5)16-9(17)6-2-3-7(13)8(14)4-6/h2-4H,1H3,(H,15,16,17). The molecule has 10 heteroatoms. The quantitative estimate of drug-likeness (QED) is 0.862. The van der Waals surface area contributed by atoms with E-state index in [4.69, 9.17) is 10.7 Å². The second kappa shape index (κ2) is 5.66. The van der Waals surface area contributed by atoms with Gasteiger partial charge in [-0.25, -0.2) is 22.2 Å². The molecule has 0 aliphatic heterocycles. The van der Waals surface area contributed by atoms with Gasteiger partial charge in [0.2, 0.25) is 0 Å². The number of amides is 1. The molecule has 0 atom stereocenters. The fraction of sp³-hybridized carbons (Fsp3) is 0.0909. The minimum atomic E-state index is -3.96. The van der Waals surface area contributed by atoms with E-state index in [1.165, 1.54) is 6.92 Å². The van der Waals surface area contributed by atoms with E-state index in [9.17, 15) is 22.0 Å². The van der Waals surface area contributed by atoms with Gasteiger partial charge in [0, 0.05) is 16.2 Å². The van der Waals surface area contributed by atoms with Gasteiger partial charge in [-0.05, 0) is 25.1 Å². The Morgan fingerprint density at radius 2 is 2.00 bits per heavy atom. The largest absolute Gasteiger partial charge is 0.298 e. The Labute approximate surface area is 127 Å². The summed E-state index contributed by atoms with van der Waals surface area (Å²) in [5, 5.41) is 2.28. The van der Waals surface area contributed by atoms with Crippen molar-refractivity contribution >= 4 is 42.1 Å². The fourth-order valence-corrected chi connectivity index (χ4v) is 3.82. The molecule has 0 spiro atoms. The molecule has 0 fully saturated rings. The number of hydrogen-bond donors (Lipinski definition) is 1. The lowest BCUT2D eigenvalue weighted by Crippen LogP contribution is -2.12. The van der Waals surface area contributed by atoms with Crippen LogP contribution in [0.5, 0.6) is 0 Å². The smallest absolute Gasteiger partial charge is 0.272 e. The van der Waals surface area contributed by atoms with Crippen LogP contribution in [0.15, 0.2) is 22.4 Å². The molecule has 1 N–H and O–H groups in total. The fourth-order valence-electron chi connectivity index (χ4n) is 1.47. The van der Waals surface area contributed by atoms with Crippen molar-refractivity contribution in [3.05, 3.63) is 41.1 Å². The number of nitrogens with zero attached hydrogens (tertiary/aromatic N) is 1. The van der Waals surface area contributed by atoms with Crippen LogP contribution in [0.4, 0.5) is 13.9 Å². The molecule has 0 radical (unpaired) electrons. The lowest BCUT2D eigenvalue weighted by atomic mass is 10.2. The van der Waals surface area contributed by atoms with Gasteiger partial charge in [0.25, 0.3) is 15.0 Å². The molecule has 2 rings (SSSR count). The molecule has 1 aromatic heterocycles. The number of anilines is 1. The highest BCUT2D eigenvalue weighted by molar-refractivity contribution is 8.15. The molecular weight excluding hydrogens is 346 g/mol. The summed E-state index contributed by atoms with van der Waals surface area (Å²) in [5.41, 5.74) is 0.00706. The van der Waals surface area contributed by atoms with Crippen LogP contribution < -0.4 is 5.32 Å². The Hall–Kier alpha value is -1.58. The summed E-state index contributed by atoms with van der Waals surface area (Å²) >= 11 is 0.666. The first-order valence-electron chi connectivity index (χ1n) is 5.37. The summed E-state index contributed by atoms with van der Waals surface area (Å²) in [7, 11) is 1.25. The average Bonchev–Trinajstić information content (AvgIpc) is 2.73. The van der Waals surface area contributed by atoms with Crippen molar-refractivity contribution in [1.29, 1.82) is 0 Å². The van der Waals surface area contributed by atoms with E-state index in [0.717, 1.165) is 18.2 Å². The van der Waals surface area contributed by atoms with Crippen LogP contribution in [0, 0.1) is 18.6 Å². The van der Waals surface area contributed by atoms with Crippen LogP contribution in [0.1, 0.15) is 16.1 Å². The number of halogens is 3. The molecule has 112 valence electrons. The summed E-state index contributed by atoms with van der Waals surface area (Å²) in [4.78, 5) is 15.7. The van der Waals surface area contributed by atoms with Gasteiger partial charge in [0.05, 0.1) is 5.69 Å². The van der Waals surface area contributed by atoms with E-state index in [2.05, 4.69) is 10.3 Å². The lowest BCUT2D eigenvalue weighted by molar-refractivity contribution is 0.102. The zero-order valence-electron chi connectivity index (χ0n) is 10.4. The topological polar surface area (TPSA) is 76.1 Å². The maximum absolute atomic E-state index is 13.0. The predicted molar refractivity (Wildman–Crippen MR) is 74.2 cm³/mol. The highest BCUT2D eigenvalue weighted by Gasteiger charge is 2.20. The Kier molecular flexibility index (Phi) is 4.26. The number of aromatic nitrogens is 1. The molecule has 0 saturated heterocycles. The number of thiazole rings is 1. The van der Waals surface area contributed by atoms with Gasteiger partial charge in [-0.1, -0.05) is 11.3 Å². The maximum atomic E-state index is 13.0. The second-order valence-corrected chi connectivity index (χ2v) is 7.67. The summed E-state index contributed by atoms with van der Waals surface area (Å²) in [6.45, 7) is 1.42. The highest BCUT2D eigenvalue weighted by atomic mass is 35.7. The summed E-state index contributed by atoms with van der Waals surface area (Å²) in [5.74, 6) is -2.99.